The lowest BCUT2D eigenvalue weighted by Crippen LogP contribution is -2.45. The Hall–Kier alpha value is -1.26. The van der Waals surface area contributed by atoms with Crippen molar-refractivity contribution >= 4 is 12.0 Å². The molecule has 0 radical (unpaired) electrons. The second kappa shape index (κ2) is 6.78. The van der Waals surface area contributed by atoms with Gasteiger partial charge in [-0.25, -0.2) is 4.79 Å². The topological polar surface area (TPSA) is 60.9 Å². The maximum atomic E-state index is 12.4. The molecule has 5 heteroatoms. The number of carbonyl (C=O) groups excluding carboxylic acids is 1. The Morgan fingerprint density at radius 1 is 1.26 bits per heavy atom. The van der Waals surface area contributed by atoms with E-state index in [1.807, 2.05) is 4.90 Å². The van der Waals surface area contributed by atoms with Crippen LogP contribution in [0.2, 0.25) is 0 Å². The molecule has 0 spiro atoms. The van der Waals surface area contributed by atoms with Gasteiger partial charge in [-0.05, 0) is 25.2 Å². The van der Waals surface area contributed by atoms with Crippen LogP contribution >= 0.6 is 0 Å². The van der Waals surface area contributed by atoms with Gasteiger partial charge in [0.25, 0.3) is 0 Å². The third-order valence-electron chi connectivity index (χ3n) is 3.48. The van der Waals surface area contributed by atoms with E-state index in [4.69, 9.17) is 5.11 Å². The molecule has 0 aromatic rings. The SMILES string of the molecule is CC(C)CCN(C(=O)N(C)CC(C)C(=O)O)C1CC1. The Morgan fingerprint density at radius 2 is 1.84 bits per heavy atom. The van der Waals surface area contributed by atoms with Crippen molar-refractivity contribution in [2.45, 2.75) is 46.1 Å². The lowest BCUT2D eigenvalue weighted by molar-refractivity contribution is -0.141. The largest absolute Gasteiger partial charge is 0.481 e. The molecule has 1 rings (SSSR count). The van der Waals surface area contributed by atoms with Gasteiger partial charge in [0.2, 0.25) is 0 Å². The zero-order valence-corrected chi connectivity index (χ0v) is 12.4. The first-order valence-corrected chi connectivity index (χ1v) is 7.07. The molecule has 0 bridgehead atoms. The van der Waals surface area contributed by atoms with E-state index in [2.05, 4.69) is 13.8 Å². The summed E-state index contributed by atoms with van der Waals surface area (Å²) in [7, 11) is 1.69. The second-order valence-corrected chi connectivity index (χ2v) is 6.01. The number of carbonyl (C=O) groups is 2. The van der Waals surface area contributed by atoms with Crippen LogP contribution in [0.1, 0.15) is 40.0 Å². The minimum Gasteiger partial charge on any atom is -0.481 e. The summed E-state index contributed by atoms with van der Waals surface area (Å²) in [5, 5.41) is 8.90. The van der Waals surface area contributed by atoms with Gasteiger partial charge in [-0.3, -0.25) is 4.79 Å². The normalized spacial score (nSPS) is 16.3. The van der Waals surface area contributed by atoms with Crippen molar-refractivity contribution in [2.75, 3.05) is 20.1 Å². The molecule has 0 heterocycles. The number of rotatable bonds is 7. The molecule has 2 amide bonds. The second-order valence-electron chi connectivity index (χ2n) is 6.01. The maximum Gasteiger partial charge on any atom is 0.320 e. The maximum absolute atomic E-state index is 12.4. The minimum atomic E-state index is -0.861. The molecule has 0 aromatic heterocycles. The number of amides is 2. The van der Waals surface area contributed by atoms with Gasteiger partial charge < -0.3 is 14.9 Å². The number of nitrogens with zero attached hydrogens (tertiary/aromatic N) is 2. The fraction of sp³-hybridized carbons (Fsp3) is 0.857. The van der Waals surface area contributed by atoms with Crippen LogP contribution in [-0.4, -0.2) is 53.1 Å². The van der Waals surface area contributed by atoms with Crippen molar-refractivity contribution in [3.05, 3.63) is 0 Å². The summed E-state index contributed by atoms with van der Waals surface area (Å²) < 4.78 is 0. The van der Waals surface area contributed by atoms with Gasteiger partial charge >= 0.3 is 12.0 Å². The van der Waals surface area contributed by atoms with Gasteiger partial charge in [0.15, 0.2) is 0 Å². The van der Waals surface area contributed by atoms with E-state index >= 15 is 0 Å². The highest BCUT2D eigenvalue weighted by Gasteiger charge is 2.34. The number of hydrogen-bond donors (Lipinski definition) is 1. The van der Waals surface area contributed by atoms with Crippen LogP contribution < -0.4 is 0 Å². The quantitative estimate of drug-likeness (QED) is 0.772. The molecule has 1 unspecified atom stereocenters. The molecule has 0 aliphatic heterocycles. The van der Waals surface area contributed by atoms with Crippen molar-refractivity contribution in [3.8, 4) is 0 Å². The molecular weight excluding hydrogens is 244 g/mol. The number of carboxylic acid groups (broad SMARTS) is 1. The van der Waals surface area contributed by atoms with Crippen LogP contribution in [0, 0.1) is 11.8 Å². The molecule has 1 aliphatic rings. The first-order chi connectivity index (χ1) is 8.82. The Balaban J connectivity index is 2.53. The number of carboxylic acids is 1. The highest BCUT2D eigenvalue weighted by Crippen LogP contribution is 2.28. The predicted molar refractivity (Wildman–Crippen MR) is 74.0 cm³/mol. The monoisotopic (exact) mass is 270 g/mol. The van der Waals surface area contributed by atoms with Crippen molar-refractivity contribution in [2.24, 2.45) is 11.8 Å². The molecule has 0 aromatic carbocycles. The summed E-state index contributed by atoms with van der Waals surface area (Å²) in [6.45, 7) is 6.95. The van der Waals surface area contributed by atoms with E-state index in [1.165, 1.54) is 4.90 Å². The van der Waals surface area contributed by atoms with Crippen molar-refractivity contribution in [1.29, 1.82) is 0 Å². The fourth-order valence-electron chi connectivity index (χ4n) is 2.00. The van der Waals surface area contributed by atoms with E-state index in [9.17, 15) is 9.59 Å². The summed E-state index contributed by atoms with van der Waals surface area (Å²) in [5.74, 6) is -0.822. The van der Waals surface area contributed by atoms with E-state index in [-0.39, 0.29) is 12.6 Å². The fourth-order valence-corrected chi connectivity index (χ4v) is 2.00. The number of hydrogen-bond acceptors (Lipinski definition) is 2. The van der Waals surface area contributed by atoms with E-state index in [1.54, 1.807) is 14.0 Å². The van der Waals surface area contributed by atoms with Gasteiger partial charge in [-0.1, -0.05) is 20.8 Å². The highest BCUT2D eigenvalue weighted by atomic mass is 16.4. The van der Waals surface area contributed by atoms with Crippen LogP contribution in [0.15, 0.2) is 0 Å². The minimum absolute atomic E-state index is 0.0312. The lowest BCUT2D eigenvalue weighted by Gasteiger charge is -2.29. The van der Waals surface area contributed by atoms with Gasteiger partial charge in [-0.15, -0.1) is 0 Å². The van der Waals surface area contributed by atoms with Crippen molar-refractivity contribution in [3.63, 3.8) is 0 Å². The van der Waals surface area contributed by atoms with E-state index < -0.39 is 11.9 Å². The van der Waals surface area contributed by atoms with E-state index in [0.717, 1.165) is 25.8 Å². The van der Waals surface area contributed by atoms with Crippen molar-refractivity contribution < 1.29 is 14.7 Å². The number of urea groups is 1. The Bertz CT molecular complexity index is 327. The first kappa shape index (κ1) is 15.8. The third kappa shape index (κ3) is 5.09. The molecule has 0 saturated heterocycles. The summed E-state index contributed by atoms with van der Waals surface area (Å²) in [6, 6.07) is 0.338. The van der Waals surface area contributed by atoms with Gasteiger partial charge in [0.1, 0.15) is 0 Å². The predicted octanol–water partition coefficient (Wildman–Crippen LogP) is 2.27. The Labute approximate surface area is 115 Å². The molecule has 110 valence electrons. The van der Waals surface area contributed by atoms with Crippen LogP contribution in [0.3, 0.4) is 0 Å². The summed E-state index contributed by atoms with van der Waals surface area (Å²) in [6.07, 6.45) is 3.14. The zero-order chi connectivity index (χ0) is 14.6. The molecule has 1 aliphatic carbocycles. The van der Waals surface area contributed by atoms with Gasteiger partial charge in [0.05, 0.1) is 5.92 Å². The molecular formula is C14H26N2O3. The molecule has 1 saturated carbocycles. The average molecular weight is 270 g/mol. The molecule has 1 fully saturated rings. The average Bonchev–Trinajstić information content (AvgIpc) is 3.12. The zero-order valence-electron chi connectivity index (χ0n) is 12.4. The van der Waals surface area contributed by atoms with Crippen LogP contribution in [-0.2, 0) is 4.79 Å². The summed E-state index contributed by atoms with van der Waals surface area (Å²) >= 11 is 0. The van der Waals surface area contributed by atoms with E-state index in [0.29, 0.717) is 12.0 Å². The molecule has 5 nitrogen and oxygen atoms in total. The smallest absolute Gasteiger partial charge is 0.320 e. The Kier molecular flexibility index (Phi) is 5.63. The standard InChI is InChI=1S/C14H26N2O3/c1-10(2)7-8-16(12-5-6-12)14(19)15(4)9-11(3)13(17)18/h10-12H,5-9H2,1-4H3,(H,17,18). The summed E-state index contributed by atoms with van der Waals surface area (Å²) in [4.78, 5) is 26.6. The summed E-state index contributed by atoms with van der Waals surface area (Å²) in [5.41, 5.74) is 0. The van der Waals surface area contributed by atoms with Crippen LogP contribution in [0.5, 0.6) is 0 Å². The van der Waals surface area contributed by atoms with Gasteiger partial charge in [-0.2, -0.15) is 0 Å². The first-order valence-electron chi connectivity index (χ1n) is 7.07. The van der Waals surface area contributed by atoms with Crippen molar-refractivity contribution in [1.82, 2.24) is 9.80 Å². The van der Waals surface area contributed by atoms with Crippen LogP contribution in [0.25, 0.3) is 0 Å². The number of aliphatic carboxylic acids is 1. The molecule has 19 heavy (non-hydrogen) atoms. The third-order valence-corrected chi connectivity index (χ3v) is 3.48. The molecule has 1 atom stereocenters. The molecule has 1 N–H and O–H groups in total. The van der Waals surface area contributed by atoms with Gasteiger partial charge in [0, 0.05) is 26.2 Å². The highest BCUT2D eigenvalue weighted by molar-refractivity contribution is 5.76. The Morgan fingerprint density at radius 3 is 2.26 bits per heavy atom. The van der Waals surface area contributed by atoms with Crippen LogP contribution in [0.4, 0.5) is 4.79 Å². The lowest BCUT2D eigenvalue weighted by atomic mass is 10.1.